The Balaban J connectivity index is 1.73. The summed E-state index contributed by atoms with van der Waals surface area (Å²) in [6.07, 6.45) is 1.93. The average Bonchev–Trinajstić information content (AvgIpc) is 2.48. The topological polar surface area (TPSA) is 70.0 Å². The number of hydrogen-bond acceptors (Lipinski definition) is 4. The summed E-state index contributed by atoms with van der Waals surface area (Å²) in [7, 11) is 0. The van der Waals surface area contributed by atoms with E-state index in [1.807, 2.05) is 35.2 Å². The number of aliphatic hydroxyl groups excluding tert-OH is 1. The minimum atomic E-state index is -0.799. The maximum atomic E-state index is 11.2. The van der Waals surface area contributed by atoms with Gasteiger partial charge < -0.3 is 14.9 Å². The monoisotopic (exact) mass is 293 g/mol. The second-order valence-corrected chi connectivity index (χ2v) is 5.50. The van der Waals surface area contributed by atoms with Gasteiger partial charge in [0.1, 0.15) is 6.04 Å². The van der Waals surface area contributed by atoms with E-state index >= 15 is 0 Å². The van der Waals surface area contributed by atoms with Crippen molar-refractivity contribution in [2.75, 3.05) is 19.7 Å². The molecule has 0 amide bonds. The fraction of sp³-hybridized carbons (Fsp3) is 0.562. The molecule has 2 rings (SSSR count). The summed E-state index contributed by atoms with van der Waals surface area (Å²) in [6, 6.07) is 9.30. The van der Waals surface area contributed by atoms with Gasteiger partial charge in [-0.05, 0) is 24.9 Å². The number of nitrogens with zero attached hydrogens (tertiary/aromatic N) is 1. The van der Waals surface area contributed by atoms with Crippen molar-refractivity contribution in [3.8, 4) is 0 Å². The van der Waals surface area contributed by atoms with Gasteiger partial charge in [0.2, 0.25) is 0 Å². The molecule has 0 bridgehead atoms. The van der Waals surface area contributed by atoms with Crippen LogP contribution in [0.2, 0.25) is 0 Å². The van der Waals surface area contributed by atoms with E-state index in [1.165, 1.54) is 0 Å². The molecule has 1 aromatic rings. The predicted octanol–water partition coefficient (Wildman–Crippen LogP) is 1.50. The normalized spacial score (nSPS) is 21.1. The summed E-state index contributed by atoms with van der Waals surface area (Å²) < 4.78 is 5.49. The van der Waals surface area contributed by atoms with Gasteiger partial charge in [-0.25, -0.2) is 0 Å². The van der Waals surface area contributed by atoms with Crippen molar-refractivity contribution in [2.45, 2.75) is 38.0 Å². The Bertz CT molecular complexity index is 437. The third kappa shape index (κ3) is 5.12. The van der Waals surface area contributed by atoms with Crippen LogP contribution in [0.4, 0.5) is 0 Å². The summed E-state index contributed by atoms with van der Waals surface area (Å²) in [6.45, 7) is 1.76. The van der Waals surface area contributed by atoms with Gasteiger partial charge in [-0.1, -0.05) is 36.8 Å². The largest absolute Gasteiger partial charge is 0.480 e. The Morgan fingerprint density at radius 3 is 2.81 bits per heavy atom. The first-order chi connectivity index (χ1) is 10.2. The molecule has 1 aromatic carbocycles. The van der Waals surface area contributed by atoms with Crippen LogP contribution < -0.4 is 0 Å². The van der Waals surface area contributed by atoms with Gasteiger partial charge in [0.05, 0.1) is 19.3 Å². The summed E-state index contributed by atoms with van der Waals surface area (Å²) in [4.78, 5) is 13.0. The molecule has 5 nitrogen and oxygen atoms in total. The van der Waals surface area contributed by atoms with E-state index < -0.39 is 18.1 Å². The number of aliphatic hydroxyl groups is 1. The highest BCUT2D eigenvalue weighted by Gasteiger charge is 2.29. The number of hydrogen-bond donors (Lipinski definition) is 2. The van der Waals surface area contributed by atoms with E-state index in [0.717, 1.165) is 24.9 Å². The summed E-state index contributed by atoms with van der Waals surface area (Å²) in [5.41, 5.74) is 1.06. The fourth-order valence-corrected chi connectivity index (χ4v) is 2.70. The molecule has 1 aliphatic rings. The maximum absolute atomic E-state index is 11.2. The van der Waals surface area contributed by atoms with Crippen molar-refractivity contribution in [3.63, 3.8) is 0 Å². The molecular weight excluding hydrogens is 270 g/mol. The van der Waals surface area contributed by atoms with Crippen LogP contribution in [0.5, 0.6) is 0 Å². The third-order valence-electron chi connectivity index (χ3n) is 3.77. The Morgan fingerprint density at radius 2 is 2.10 bits per heavy atom. The molecule has 116 valence electrons. The number of β-amino-alcohol motifs (C(OH)–C–C–N with tert-alkyl or cyclic N) is 1. The van der Waals surface area contributed by atoms with E-state index in [0.29, 0.717) is 19.6 Å². The van der Waals surface area contributed by atoms with Gasteiger partial charge in [-0.3, -0.25) is 9.69 Å². The van der Waals surface area contributed by atoms with Crippen LogP contribution >= 0.6 is 0 Å². The SMILES string of the molecule is O=C(O)C1CCCCN1CC(O)COCc1ccccc1. The van der Waals surface area contributed by atoms with Crippen molar-refractivity contribution in [3.05, 3.63) is 35.9 Å². The molecule has 0 aliphatic carbocycles. The molecule has 1 saturated heterocycles. The maximum Gasteiger partial charge on any atom is 0.320 e. The first kappa shape index (κ1) is 15.9. The van der Waals surface area contributed by atoms with E-state index in [4.69, 9.17) is 4.74 Å². The van der Waals surface area contributed by atoms with Gasteiger partial charge in [-0.15, -0.1) is 0 Å². The van der Waals surface area contributed by atoms with Gasteiger partial charge in [0.25, 0.3) is 0 Å². The zero-order valence-corrected chi connectivity index (χ0v) is 12.1. The quantitative estimate of drug-likeness (QED) is 0.797. The van der Waals surface area contributed by atoms with E-state index in [2.05, 4.69) is 0 Å². The molecule has 2 unspecified atom stereocenters. The van der Waals surface area contributed by atoms with Crippen LogP contribution in [0.25, 0.3) is 0 Å². The molecule has 1 aliphatic heterocycles. The highest BCUT2D eigenvalue weighted by Crippen LogP contribution is 2.17. The molecule has 0 radical (unpaired) electrons. The first-order valence-corrected chi connectivity index (χ1v) is 7.43. The highest BCUT2D eigenvalue weighted by atomic mass is 16.5. The molecule has 1 heterocycles. The minimum Gasteiger partial charge on any atom is -0.480 e. The van der Waals surface area contributed by atoms with Gasteiger partial charge in [0.15, 0.2) is 0 Å². The fourth-order valence-electron chi connectivity index (χ4n) is 2.70. The van der Waals surface area contributed by atoms with Crippen LogP contribution in [0.15, 0.2) is 30.3 Å². The second-order valence-electron chi connectivity index (χ2n) is 5.50. The number of carbonyl (C=O) groups is 1. The minimum absolute atomic E-state index is 0.220. The van der Waals surface area contributed by atoms with Crippen molar-refractivity contribution >= 4 is 5.97 Å². The number of likely N-dealkylation sites (tertiary alicyclic amines) is 1. The first-order valence-electron chi connectivity index (χ1n) is 7.43. The molecule has 2 atom stereocenters. The van der Waals surface area contributed by atoms with Gasteiger partial charge in [-0.2, -0.15) is 0 Å². The van der Waals surface area contributed by atoms with E-state index in [9.17, 15) is 15.0 Å². The van der Waals surface area contributed by atoms with Gasteiger partial charge in [0, 0.05) is 6.54 Å². The van der Waals surface area contributed by atoms with Crippen molar-refractivity contribution < 1.29 is 19.7 Å². The Morgan fingerprint density at radius 1 is 1.33 bits per heavy atom. The Labute approximate surface area is 125 Å². The molecule has 5 heteroatoms. The lowest BCUT2D eigenvalue weighted by atomic mass is 10.0. The van der Waals surface area contributed by atoms with Crippen LogP contribution in [0.3, 0.4) is 0 Å². The average molecular weight is 293 g/mol. The molecule has 1 fully saturated rings. The summed E-state index contributed by atoms with van der Waals surface area (Å²) in [5, 5.41) is 19.2. The lowest BCUT2D eigenvalue weighted by molar-refractivity contribution is -0.145. The summed E-state index contributed by atoms with van der Waals surface area (Å²) in [5.74, 6) is -0.799. The summed E-state index contributed by atoms with van der Waals surface area (Å²) >= 11 is 0. The molecule has 0 saturated carbocycles. The van der Waals surface area contributed by atoms with Crippen LogP contribution in [-0.2, 0) is 16.1 Å². The standard InChI is InChI=1S/C16H23NO4/c18-14(12-21-11-13-6-2-1-3-7-13)10-17-9-5-4-8-15(17)16(19)20/h1-3,6-7,14-15,18H,4-5,8-12H2,(H,19,20). The zero-order valence-electron chi connectivity index (χ0n) is 12.1. The van der Waals surface area contributed by atoms with E-state index in [-0.39, 0.29) is 6.61 Å². The van der Waals surface area contributed by atoms with Gasteiger partial charge >= 0.3 is 5.97 Å². The van der Waals surface area contributed by atoms with Crippen LogP contribution in [0, 0.1) is 0 Å². The number of rotatable bonds is 7. The number of carboxylic acids is 1. The number of carboxylic acid groups (broad SMARTS) is 1. The Kier molecular flexibility index (Phi) is 6.17. The lowest BCUT2D eigenvalue weighted by Crippen LogP contribution is -2.48. The number of benzene rings is 1. The smallest absolute Gasteiger partial charge is 0.320 e. The van der Waals surface area contributed by atoms with Crippen molar-refractivity contribution in [2.24, 2.45) is 0 Å². The van der Waals surface area contributed by atoms with E-state index in [1.54, 1.807) is 0 Å². The second kappa shape index (κ2) is 8.12. The van der Waals surface area contributed by atoms with Crippen LogP contribution in [-0.4, -0.2) is 52.9 Å². The molecule has 21 heavy (non-hydrogen) atoms. The Hall–Kier alpha value is -1.43. The number of ether oxygens (including phenoxy) is 1. The molecule has 0 aromatic heterocycles. The lowest BCUT2D eigenvalue weighted by Gasteiger charge is -2.34. The number of piperidine rings is 1. The third-order valence-corrected chi connectivity index (χ3v) is 3.77. The molecule has 0 spiro atoms. The van der Waals surface area contributed by atoms with Crippen LogP contribution in [0.1, 0.15) is 24.8 Å². The predicted molar refractivity (Wildman–Crippen MR) is 79.0 cm³/mol. The number of aliphatic carboxylic acids is 1. The highest BCUT2D eigenvalue weighted by molar-refractivity contribution is 5.73. The zero-order chi connectivity index (χ0) is 15.1. The molecular formula is C16H23NO4. The van der Waals surface area contributed by atoms with Crippen molar-refractivity contribution in [1.29, 1.82) is 0 Å². The molecule has 2 N–H and O–H groups in total. The van der Waals surface area contributed by atoms with Crippen molar-refractivity contribution in [1.82, 2.24) is 4.90 Å².